The Labute approximate surface area is 220 Å². The van der Waals surface area contributed by atoms with E-state index in [4.69, 9.17) is 9.97 Å². The smallest absolute Gasteiger partial charge is 0.160 e. The number of aromatic amines is 1. The summed E-state index contributed by atoms with van der Waals surface area (Å²) in [6.45, 7) is 13.3. The van der Waals surface area contributed by atoms with Crippen molar-refractivity contribution in [3.05, 3.63) is 64.7 Å². The lowest BCUT2D eigenvalue weighted by atomic mass is 10.0. The van der Waals surface area contributed by atoms with E-state index in [0.29, 0.717) is 0 Å². The van der Waals surface area contributed by atoms with Crippen molar-refractivity contribution in [3.63, 3.8) is 0 Å². The molecule has 2 aliphatic heterocycles. The Bertz CT molecular complexity index is 1410. The van der Waals surface area contributed by atoms with E-state index in [9.17, 15) is 0 Å². The van der Waals surface area contributed by atoms with Crippen molar-refractivity contribution >= 4 is 28.1 Å². The Balaban J connectivity index is 1.13. The molecule has 0 spiro atoms. The van der Waals surface area contributed by atoms with Crippen LogP contribution in [-0.2, 0) is 13.0 Å². The van der Waals surface area contributed by atoms with Crippen LogP contribution in [0.15, 0.2) is 36.4 Å². The number of nitrogens with one attached hydrogen (secondary N) is 1. The van der Waals surface area contributed by atoms with E-state index in [1.807, 2.05) is 0 Å². The zero-order valence-electron chi connectivity index (χ0n) is 22.6. The molecule has 0 saturated carbocycles. The van der Waals surface area contributed by atoms with Gasteiger partial charge >= 0.3 is 0 Å². The van der Waals surface area contributed by atoms with Gasteiger partial charge in [-0.05, 0) is 107 Å². The van der Waals surface area contributed by atoms with Crippen LogP contribution in [0.25, 0.3) is 28.1 Å². The van der Waals surface area contributed by atoms with Gasteiger partial charge in [0, 0.05) is 41.3 Å². The number of rotatable bonds is 7. The minimum atomic E-state index is 0.787. The van der Waals surface area contributed by atoms with Crippen molar-refractivity contribution in [2.75, 3.05) is 32.7 Å². The number of fused-ring (bicyclic) bond motifs is 2. The van der Waals surface area contributed by atoms with E-state index in [2.05, 4.69) is 82.6 Å². The second-order valence-corrected chi connectivity index (χ2v) is 11.0. The topological polar surface area (TPSA) is 53.0 Å². The molecule has 194 valence electrons. The van der Waals surface area contributed by atoms with Crippen LogP contribution in [0.1, 0.15) is 60.9 Å². The van der Waals surface area contributed by atoms with Crippen LogP contribution in [0.5, 0.6) is 0 Å². The third-order valence-electron chi connectivity index (χ3n) is 8.34. The van der Waals surface area contributed by atoms with Crippen molar-refractivity contribution in [2.45, 2.75) is 65.5 Å². The van der Waals surface area contributed by atoms with Crippen LogP contribution in [0.3, 0.4) is 0 Å². The summed E-state index contributed by atoms with van der Waals surface area (Å²) in [7, 11) is 0. The monoisotopic (exact) mass is 496 g/mol. The Morgan fingerprint density at radius 2 is 1.81 bits per heavy atom. The lowest BCUT2D eigenvalue weighted by Crippen LogP contribution is -2.43. The Morgan fingerprint density at radius 1 is 1.00 bits per heavy atom. The number of hydrogen-bond acceptors (Lipinski definition) is 4. The number of aromatic nitrogens is 4. The van der Waals surface area contributed by atoms with Crippen LogP contribution in [0.2, 0.25) is 0 Å². The van der Waals surface area contributed by atoms with Crippen LogP contribution < -0.4 is 0 Å². The molecule has 2 saturated heterocycles. The normalized spacial score (nSPS) is 18.2. The molecule has 0 unspecified atom stereocenters. The van der Waals surface area contributed by atoms with Crippen molar-refractivity contribution in [2.24, 2.45) is 0 Å². The Hall–Kier alpha value is -2.96. The second kappa shape index (κ2) is 10.4. The van der Waals surface area contributed by atoms with E-state index in [1.165, 1.54) is 79.6 Å². The van der Waals surface area contributed by atoms with Crippen molar-refractivity contribution in [3.8, 4) is 0 Å². The molecule has 6 rings (SSSR count). The summed E-state index contributed by atoms with van der Waals surface area (Å²) >= 11 is 0. The molecule has 0 aliphatic carbocycles. The van der Waals surface area contributed by atoms with E-state index in [1.54, 1.807) is 0 Å². The lowest BCUT2D eigenvalue weighted by Gasteiger charge is -2.36. The maximum absolute atomic E-state index is 4.91. The van der Waals surface area contributed by atoms with Gasteiger partial charge in [0.2, 0.25) is 0 Å². The Kier molecular flexibility index (Phi) is 6.87. The average molecular weight is 497 g/mol. The number of aryl methyl sites for hydroxylation is 3. The number of pyridine rings is 1. The fourth-order valence-electron chi connectivity index (χ4n) is 6.36. The van der Waals surface area contributed by atoms with Gasteiger partial charge in [0.15, 0.2) is 5.65 Å². The number of H-pyrrole nitrogens is 1. The first-order chi connectivity index (χ1) is 18.1. The number of benzene rings is 1. The van der Waals surface area contributed by atoms with Gasteiger partial charge in [-0.2, -0.15) is 0 Å². The lowest BCUT2D eigenvalue weighted by molar-refractivity contribution is 0.135. The summed E-state index contributed by atoms with van der Waals surface area (Å²) in [6.07, 6.45) is 10.9. The standard InChI is InChI=1S/C31H40N6/c1-4-29-34-30-22(2)18-23(3)32-31(30)37(29)21-24-9-10-28-25(19-24)20-26(33-28)8-7-13-35-16-11-27(12-17-35)36-14-5-6-15-36/h7-10,18-20,27,33H,4-6,11-17,21H2,1-3H3. The highest BCUT2D eigenvalue weighted by Gasteiger charge is 2.25. The van der Waals surface area contributed by atoms with E-state index >= 15 is 0 Å². The summed E-state index contributed by atoms with van der Waals surface area (Å²) in [6, 6.07) is 12.0. The molecule has 6 nitrogen and oxygen atoms in total. The zero-order valence-corrected chi connectivity index (χ0v) is 22.6. The molecule has 2 aliphatic rings. The van der Waals surface area contributed by atoms with Crippen LogP contribution in [0.4, 0.5) is 0 Å². The van der Waals surface area contributed by atoms with Gasteiger partial charge in [0.25, 0.3) is 0 Å². The number of imidazole rings is 1. The van der Waals surface area contributed by atoms with Gasteiger partial charge in [0.05, 0.1) is 6.54 Å². The fraction of sp³-hybridized carbons (Fsp3) is 0.484. The highest BCUT2D eigenvalue weighted by molar-refractivity contribution is 5.83. The molecule has 1 aromatic carbocycles. The summed E-state index contributed by atoms with van der Waals surface area (Å²) in [5.41, 5.74) is 7.90. The number of piperidine rings is 1. The van der Waals surface area contributed by atoms with Gasteiger partial charge in [-0.15, -0.1) is 0 Å². The van der Waals surface area contributed by atoms with Gasteiger partial charge in [-0.1, -0.05) is 19.1 Å². The zero-order chi connectivity index (χ0) is 25.4. The van der Waals surface area contributed by atoms with E-state index in [-0.39, 0.29) is 0 Å². The molecule has 0 atom stereocenters. The molecule has 6 heteroatoms. The number of likely N-dealkylation sites (tertiary alicyclic amines) is 2. The van der Waals surface area contributed by atoms with E-state index < -0.39 is 0 Å². The van der Waals surface area contributed by atoms with Crippen molar-refractivity contribution in [1.82, 2.24) is 29.3 Å². The third-order valence-corrected chi connectivity index (χ3v) is 8.34. The fourth-order valence-corrected chi connectivity index (χ4v) is 6.36. The quantitative estimate of drug-likeness (QED) is 0.356. The molecule has 1 N–H and O–H groups in total. The first kappa shape index (κ1) is 24.4. The van der Waals surface area contributed by atoms with Gasteiger partial charge in [-0.3, -0.25) is 4.90 Å². The molecule has 0 radical (unpaired) electrons. The predicted molar refractivity (Wildman–Crippen MR) is 153 cm³/mol. The molecule has 0 bridgehead atoms. The number of hydrogen-bond donors (Lipinski definition) is 1. The van der Waals surface area contributed by atoms with Crippen LogP contribution >= 0.6 is 0 Å². The summed E-state index contributed by atoms with van der Waals surface area (Å²) < 4.78 is 2.29. The summed E-state index contributed by atoms with van der Waals surface area (Å²) in [4.78, 5) is 18.7. The maximum Gasteiger partial charge on any atom is 0.160 e. The molecule has 2 fully saturated rings. The summed E-state index contributed by atoms with van der Waals surface area (Å²) in [5.74, 6) is 1.10. The van der Waals surface area contributed by atoms with Crippen LogP contribution in [0, 0.1) is 13.8 Å². The van der Waals surface area contributed by atoms with Gasteiger partial charge in [-0.25, -0.2) is 9.97 Å². The highest BCUT2D eigenvalue weighted by atomic mass is 15.2. The number of nitrogens with zero attached hydrogens (tertiary/aromatic N) is 5. The van der Waals surface area contributed by atoms with Crippen molar-refractivity contribution < 1.29 is 0 Å². The van der Waals surface area contributed by atoms with E-state index in [0.717, 1.165) is 48.2 Å². The van der Waals surface area contributed by atoms with Crippen molar-refractivity contribution in [1.29, 1.82) is 0 Å². The minimum Gasteiger partial charge on any atom is -0.355 e. The maximum atomic E-state index is 4.91. The largest absolute Gasteiger partial charge is 0.355 e. The molecular weight excluding hydrogens is 456 g/mol. The third kappa shape index (κ3) is 5.10. The van der Waals surface area contributed by atoms with Crippen LogP contribution in [-0.4, -0.2) is 68.1 Å². The molecule has 4 aromatic rings. The first-order valence-corrected chi connectivity index (χ1v) is 14.2. The molecule has 3 aromatic heterocycles. The first-order valence-electron chi connectivity index (χ1n) is 14.2. The molecular formula is C31H40N6. The van der Waals surface area contributed by atoms with Gasteiger partial charge in [0.1, 0.15) is 11.3 Å². The van der Waals surface area contributed by atoms with Gasteiger partial charge < -0.3 is 14.5 Å². The Morgan fingerprint density at radius 3 is 2.59 bits per heavy atom. The highest BCUT2D eigenvalue weighted by Crippen LogP contribution is 2.24. The molecule has 5 heterocycles. The average Bonchev–Trinajstić information content (AvgIpc) is 3.64. The second-order valence-electron chi connectivity index (χ2n) is 11.0. The summed E-state index contributed by atoms with van der Waals surface area (Å²) in [5, 5.41) is 1.26. The molecule has 0 amide bonds. The molecule has 37 heavy (non-hydrogen) atoms. The predicted octanol–water partition coefficient (Wildman–Crippen LogP) is 5.71. The minimum absolute atomic E-state index is 0.787. The SMILES string of the molecule is CCc1nc2c(C)cc(C)nc2n1Cc1ccc2[nH]c(C=CCN3CCC(N4CCCC4)CC3)cc2c1.